The fraction of sp³-hybridized carbons (Fsp3) is 0.381. The lowest BCUT2D eigenvalue weighted by molar-refractivity contribution is -0.131. The fourth-order valence-corrected chi connectivity index (χ4v) is 4.85. The molecular weight excluding hydrogens is 372 g/mol. The summed E-state index contributed by atoms with van der Waals surface area (Å²) in [4.78, 5) is 27.1. The normalized spacial score (nSPS) is 19.7. The number of carbonyl (C=O) groups is 1. The first-order valence-corrected chi connectivity index (χ1v) is 10.4. The molecule has 2 aromatic rings. The molecule has 0 bridgehead atoms. The van der Waals surface area contributed by atoms with Crippen LogP contribution >= 0.6 is 11.8 Å². The van der Waals surface area contributed by atoms with Crippen LogP contribution in [0.15, 0.2) is 40.5 Å². The summed E-state index contributed by atoms with van der Waals surface area (Å²) in [7, 11) is 1.69. The zero-order valence-electron chi connectivity index (χ0n) is 15.7. The van der Waals surface area contributed by atoms with Gasteiger partial charge in [-0.2, -0.15) is 5.26 Å². The number of aromatic nitrogens is 1. The van der Waals surface area contributed by atoms with E-state index in [9.17, 15) is 14.9 Å². The lowest BCUT2D eigenvalue weighted by Gasteiger charge is -2.34. The molecule has 0 radical (unpaired) electrons. The van der Waals surface area contributed by atoms with Crippen LogP contribution in [-0.4, -0.2) is 39.8 Å². The van der Waals surface area contributed by atoms with Gasteiger partial charge in [-0.25, -0.2) is 0 Å². The number of likely N-dealkylation sites (tertiary alicyclic amines) is 1. The number of anilines is 1. The van der Waals surface area contributed by atoms with Crippen LogP contribution in [0.2, 0.25) is 0 Å². The van der Waals surface area contributed by atoms with E-state index in [2.05, 4.69) is 11.4 Å². The summed E-state index contributed by atoms with van der Waals surface area (Å²) in [6.07, 6.45) is 4.45. The molecule has 2 aliphatic rings. The van der Waals surface area contributed by atoms with Crippen molar-refractivity contribution >= 4 is 34.3 Å². The number of piperidine rings is 1. The number of benzene rings is 1. The maximum absolute atomic E-state index is 12.6. The third kappa shape index (κ3) is 3.29. The Balaban J connectivity index is 1.54. The Hall–Kier alpha value is -2.72. The van der Waals surface area contributed by atoms with Crippen molar-refractivity contribution in [2.45, 2.75) is 30.6 Å². The Morgan fingerprint density at radius 1 is 1.29 bits per heavy atom. The largest absolute Gasteiger partial charge is 0.380 e. The van der Waals surface area contributed by atoms with Crippen LogP contribution < -0.4 is 10.9 Å². The Kier molecular flexibility index (Phi) is 5.14. The average Bonchev–Trinajstić information content (AvgIpc) is 3.27. The van der Waals surface area contributed by atoms with E-state index in [1.807, 2.05) is 40.6 Å². The van der Waals surface area contributed by atoms with Crippen LogP contribution in [0.5, 0.6) is 0 Å². The third-order valence-electron chi connectivity index (χ3n) is 5.53. The van der Waals surface area contributed by atoms with Gasteiger partial charge in [0, 0.05) is 31.6 Å². The molecule has 1 aromatic heterocycles. The van der Waals surface area contributed by atoms with Crippen molar-refractivity contribution in [3.05, 3.63) is 51.7 Å². The minimum atomic E-state index is -0.290. The number of pyridine rings is 1. The maximum atomic E-state index is 12.6. The van der Waals surface area contributed by atoms with Crippen molar-refractivity contribution in [2.24, 2.45) is 7.05 Å². The highest BCUT2D eigenvalue weighted by atomic mass is 32.2. The Morgan fingerprint density at radius 3 is 2.71 bits per heavy atom. The number of hydrogen-bond donors (Lipinski definition) is 1. The summed E-state index contributed by atoms with van der Waals surface area (Å²) < 4.78 is 1.52. The topological polar surface area (TPSA) is 78.1 Å². The van der Waals surface area contributed by atoms with Crippen LogP contribution in [-0.2, 0) is 11.8 Å². The number of para-hydroxylation sites is 1. The number of carbonyl (C=O) groups excluding carboxylic acids is 1. The monoisotopic (exact) mass is 394 g/mol. The SMILES string of the molecule is Cn1c(=O)c(C#N)c(NC2CCN(C(=O)C3CC=CS3)CC2)c2ccccc21. The number of thioether (sulfide) groups is 1. The molecule has 1 amide bonds. The predicted molar refractivity (Wildman–Crippen MR) is 112 cm³/mol. The van der Waals surface area contributed by atoms with Gasteiger partial charge < -0.3 is 14.8 Å². The van der Waals surface area contributed by atoms with Gasteiger partial charge in [0.1, 0.15) is 11.6 Å². The maximum Gasteiger partial charge on any atom is 0.270 e. The molecule has 2 aliphatic heterocycles. The van der Waals surface area contributed by atoms with Crippen molar-refractivity contribution in [1.82, 2.24) is 9.47 Å². The van der Waals surface area contributed by atoms with Crippen LogP contribution in [0.4, 0.5) is 5.69 Å². The minimum absolute atomic E-state index is 0.0239. The van der Waals surface area contributed by atoms with Crippen molar-refractivity contribution in [1.29, 1.82) is 5.26 Å². The average molecular weight is 395 g/mol. The molecule has 1 unspecified atom stereocenters. The molecule has 144 valence electrons. The van der Waals surface area contributed by atoms with E-state index in [0.29, 0.717) is 18.8 Å². The highest BCUT2D eigenvalue weighted by Crippen LogP contribution is 2.29. The highest BCUT2D eigenvalue weighted by molar-refractivity contribution is 8.03. The number of amides is 1. The predicted octanol–water partition coefficient (Wildman–Crippen LogP) is 2.83. The lowest BCUT2D eigenvalue weighted by Crippen LogP contribution is -2.45. The quantitative estimate of drug-likeness (QED) is 0.866. The molecule has 1 atom stereocenters. The summed E-state index contributed by atoms with van der Waals surface area (Å²) >= 11 is 1.60. The summed E-state index contributed by atoms with van der Waals surface area (Å²) in [5.74, 6) is 0.213. The first kappa shape index (κ1) is 18.6. The summed E-state index contributed by atoms with van der Waals surface area (Å²) in [5.41, 5.74) is 1.27. The van der Waals surface area contributed by atoms with Crippen LogP contribution in [0, 0.1) is 11.3 Å². The molecule has 0 aliphatic carbocycles. The Bertz CT molecular complexity index is 1040. The molecule has 0 saturated carbocycles. The summed E-state index contributed by atoms with van der Waals surface area (Å²) in [6.45, 7) is 1.39. The molecule has 6 nitrogen and oxygen atoms in total. The van der Waals surface area contributed by atoms with E-state index in [1.54, 1.807) is 18.8 Å². The minimum Gasteiger partial charge on any atom is -0.380 e. The van der Waals surface area contributed by atoms with Gasteiger partial charge in [-0.05, 0) is 30.7 Å². The number of allylic oxidation sites excluding steroid dienone is 1. The number of rotatable bonds is 3. The van der Waals surface area contributed by atoms with Gasteiger partial charge in [0.2, 0.25) is 5.91 Å². The Labute approximate surface area is 167 Å². The number of nitriles is 1. The second-order valence-corrected chi connectivity index (χ2v) is 8.33. The molecule has 1 saturated heterocycles. The van der Waals surface area contributed by atoms with Gasteiger partial charge >= 0.3 is 0 Å². The second kappa shape index (κ2) is 7.72. The number of aryl methyl sites for hydroxylation is 1. The smallest absolute Gasteiger partial charge is 0.270 e. The van der Waals surface area contributed by atoms with Crippen molar-refractivity contribution in [3.8, 4) is 6.07 Å². The van der Waals surface area contributed by atoms with E-state index >= 15 is 0 Å². The third-order valence-corrected chi connectivity index (χ3v) is 6.61. The van der Waals surface area contributed by atoms with Crippen LogP contribution in [0.1, 0.15) is 24.8 Å². The van der Waals surface area contributed by atoms with Gasteiger partial charge in [0.05, 0.1) is 16.5 Å². The molecule has 28 heavy (non-hydrogen) atoms. The molecule has 0 spiro atoms. The van der Waals surface area contributed by atoms with E-state index in [4.69, 9.17) is 0 Å². The van der Waals surface area contributed by atoms with E-state index in [-0.39, 0.29) is 28.3 Å². The van der Waals surface area contributed by atoms with E-state index in [1.165, 1.54) is 4.57 Å². The van der Waals surface area contributed by atoms with Gasteiger partial charge in [0.15, 0.2) is 0 Å². The first-order chi connectivity index (χ1) is 13.6. The molecule has 3 heterocycles. The molecular formula is C21H22N4O2S. The molecule has 7 heteroatoms. The number of nitrogens with zero attached hydrogens (tertiary/aromatic N) is 3. The van der Waals surface area contributed by atoms with Gasteiger partial charge in [-0.15, -0.1) is 11.8 Å². The van der Waals surface area contributed by atoms with Gasteiger partial charge in [-0.3, -0.25) is 9.59 Å². The molecule has 4 rings (SSSR count). The molecule has 1 fully saturated rings. The molecule has 1 aromatic carbocycles. The Morgan fingerprint density at radius 2 is 2.04 bits per heavy atom. The van der Waals surface area contributed by atoms with E-state index < -0.39 is 0 Å². The summed E-state index contributed by atoms with van der Waals surface area (Å²) in [5, 5.41) is 15.9. The van der Waals surface area contributed by atoms with Crippen molar-refractivity contribution in [2.75, 3.05) is 18.4 Å². The lowest BCUT2D eigenvalue weighted by atomic mass is 10.0. The van der Waals surface area contributed by atoms with Crippen LogP contribution in [0.25, 0.3) is 10.9 Å². The zero-order chi connectivity index (χ0) is 19.7. The number of hydrogen-bond acceptors (Lipinski definition) is 5. The van der Waals surface area contributed by atoms with Crippen molar-refractivity contribution in [3.63, 3.8) is 0 Å². The van der Waals surface area contributed by atoms with E-state index in [0.717, 1.165) is 30.2 Å². The number of nitrogens with one attached hydrogen (secondary N) is 1. The molecule has 1 N–H and O–H groups in total. The number of fused-ring (bicyclic) bond motifs is 1. The van der Waals surface area contributed by atoms with Gasteiger partial charge in [0.25, 0.3) is 5.56 Å². The van der Waals surface area contributed by atoms with Crippen molar-refractivity contribution < 1.29 is 4.79 Å². The second-order valence-electron chi connectivity index (χ2n) is 7.22. The van der Waals surface area contributed by atoms with Gasteiger partial charge in [-0.1, -0.05) is 24.3 Å². The summed E-state index contributed by atoms with van der Waals surface area (Å²) in [6, 6.07) is 9.82. The highest BCUT2D eigenvalue weighted by Gasteiger charge is 2.29. The fourth-order valence-electron chi connectivity index (χ4n) is 3.95. The zero-order valence-corrected chi connectivity index (χ0v) is 16.5. The van der Waals surface area contributed by atoms with Crippen LogP contribution in [0.3, 0.4) is 0 Å². The first-order valence-electron chi connectivity index (χ1n) is 9.47. The standard InChI is InChI=1S/C21H22N4O2S/c1-24-17-6-3-2-5-15(17)19(16(13-22)20(24)26)23-14-8-10-25(11-9-14)21(27)18-7-4-12-28-18/h2-6,12,14,18,23H,7-11H2,1H3.